The lowest BCUT2D eigenvalue weighted by Gasteiger charge is -2.42. The van der Waals surface area contributed by atoms with Gasteiger partial charge in [-0.05, 0) is 50.9 Å². The van der Waals surface area contributed by atoms with Gasteiger partial charge in [0.15, 0.2) is 6.29 Å². The van der Waals surface area contributed by atoms with Crippen LogP contribution in [0.15, 0.2) is 0 Å². The molecule has 3 aliphatic rings. The van der Waals surface area contributed by atoms with E-state index in [1.165, 1.54) is 32.6 Å². The second kappa shape index (κ2) is 21.3. The zero-order chi connectivity index (χ0) is 34.2. The van der Waals surface area contributed by atoms with E-state index in [0.717, 1.165) is 44.4 Å². The zero-order valence-corrected chi connectivity index (χ0v) is 28.5. The number of nitrogens with one attached hydrogen (secondary N) is 2. The summed E-state index contributed by atoms with van der Waals surface area (Å²) in [5.74, 6) is 0.423. The van der Waals surface area contributed by atoms with E-state index >= 15 is 0 Å². The third kappa shape index (κ3) is 13.9. The Labute approximate surface area is 280 Å². The van der Waals surface area contributed by atoms with Gasteiger partial charge in [0.05, 0.1) is 31.5 Å². The van der Waals surface area contributed by atoms with Crippen molar-refractivity contribution in [1.29, 1.82) is 0 Å². The van der Waals surface area contributed by atoms with Gasteiger partial charge in [-0.2, -0.15) is 0 Å². The van der Waals surface area contributed by atoms with E-state index in [1.807, 2.05) is 4.90 Å². The van der Waals surface area contributed by atoms with Crippen LogP contribution in [0.2, 0.25) is 0 Å². The molecule has 3 fully saturated rings. The third-order valence-electron chi connectivity index (χ3n) is 9.65. The molecule has 2 saturated heterocycles. The molecule has 7 atom stereocenters. The van der Waals surface area contributed by atoms with E-state index in [1.54, 1.807) is 0 Å². The molecule has 13 nitrogen and oxygen atoms in total. The maximum Gasteiger partial charge on any atom is 0.222 e. The van der Waals surface area contributed by atoms with Crippen molar-refractivity contribution >= 4 is 17.7 Å². The number of carbonyl (C=O) groups is 3. The van der Waals surface area contributed by atoms with Crippen LogP contribution in [0.25, 0.3) is 0 Å². The van der Waals surface area contributed by atoms with Crippen LogP contribution >= 0.6 is 0 Å². The predicted octanol–water partition coefficient (Wildman–Crippen LogP) is 1.52. The summed E-state index contributed by atoms with van der Waals surface area (Å²) in [6.07, 6.45) is 7.77. The number of aliphatic hydroxyl groups is 4. The number of hydrogen-bond acceptors (Lipinski definition) is 10. The Morgan fingerprint density at radius 2 is 1.60 bits per heavy atom. The molecular formula is C34H61N3O10. The quantitative estimate of drug-likeness (QED) is 0.117. The lowest BCUT2D eigenvalue weighted by Crippen LogP contribution is -2.64. The van der Waals surface area contributed by atoms with E-state index in [-0.39, 0.29) is 30.6 Å². The molecular weight excluding hydrogens is 610 g/mol. The molecule has 2 heterocycles. The van der Waals surface area contributed by atoms with Crippen LogP contribution in [-0.2, 0) is 28.6 Å². The number of amides is 3. The minimum Gasteiger partial charge on any atom is -0.394 e. The van der Waals surface area contributed by atoms with Crippen LogP contribution in [0.1, 0.15) is 110 Å². The molecule has 2 aliphatic heterocycles. The van der Waals surface area contributed by atoms with Crippen LogP contribution in [0.3, 0.4) is 0 Å². The van der Waals surface area contributed by atoms with E-state index in [9.17, 15) is 34.8 Å². The fourth-order valence-electron chi connectivity index (χ4n) is 6.86. The smallest absolute Gasteiger partial charge is 0.222 e. The average molecular weight is 672 g/mol. The van der Waals surface area contributed by atoms with Gasteiger partial charge in [0.2, 0.25) is 17.7 Å². The molecule has 0 bridgehead atoms. The van der Waals surface area contributed by atoms with Crippen LogP contribution in [0.5, 0.6) is 0 Å². The Hall–Kier alpha value is -1.87. The molecule has 1 aliphatic carbocycles. The Morgan fingerprint density at radius 1 is 0.894 bits per heavy atom. The highest BCUT2D eigenvalue weighted by Crippen LogP contribution is 2.26. The van der Waals surface area contributed by atoms with E-state index in [0.29, 0.717) is 51.8 Å². The highest BCUT2D eigenvalue weighted by atomic mass is 16.7. The van der Waals surface area contributed by atoms with E-state index in [2.05, 4.69) is 17.6 Å². The summed E-state index contributed by atoms with van der Waals surface area (Å²) in [6.45, 7) is 4.79. The van der Waals surface area contributed by atoms with Gasteiger partial charge >= 0.3 is 0 Å². The van der Waals surface area contributed by atoms with Crippen molar-refractivity contribution in [2.75, 3.05) is 32.9 Å². The molecule has 3 amide bonds. The Kier molecular flexibility index (Phi) is 17.9. The summed E-state index contributed by atoms with van der Waals surface area (Å²) in [5.41, 5.74) is 0. The second-order valence-electron chi connectivity index (χ2n) is 13.8. The summed E-state index contributed by atoms with van der Waals surface area (Å²) < 4.78 is 17.5. The largest absolute Gasteiger partial charge is 0.394 e. The van der Waals surface area contributed by atoms with E-state index in [4.69, 9.17) is 14.2 Å². The van der Waals surface area contributed by atoms with Gasteiger partial charge in [-0.1, -0.05) is 45.4 Å². The number of nitrogens with zero attached hydrogens (tertiary/aromatic N) is 1. The Balaban J connectivity index is 1.21. The van der Waals surface area contributed by atoms with Gasteiger partial charge in [-0.15, -0.1) is 0 Å². The Morgan fingerprint density at radius 3 is 2.30 bits per heavy atom. The number of rotatable bonds is 18. The van der Waals surface area contributed by atoms with Gasteiger partial charge < -0.3 is 50.2 Å². The summed E-state index contributed by atoms with van der Waals surface area (Å²) in [4.78, 5) is 38.5. The molecule has 0 aromatic rings. The minimum absolute atomic E-state index is 0.0288. The SMILES string of the molecule is CC(=O)NC1C(OCCCCCC(=O)NCCCCCC(=O)N2C[C@H](O)C[C@H]2COC2CCCC(C)CCC2)OC(CO)C(O)C1O. The summed E-state index contributed by atoms with van der Waals surface area (Å²) in [5, 5.41) is 45.5. The van der Waals surface area contributed by atoms with Crippen LogP contribution in [-0.4, -0.2) is 125 Å². The van der Waals surface area contributed by atoms with Crippen molar-refractivity contribution in [2.45, 2.75) is 159 Å². The Bertz CT molecular complexity index is 932. The summed E-state index contributed by atoms with van der Waals surface area (Å²) >= 11 is 0. The number of likely N-dealkylation sites (tertiary alicyclic amines) is 1. The van der Waals surface area contributed by atoms with Gasteiger partial charge in [0.25, 0.3) is 0 Å². The van der Waals surface area contributed by atoms with Crippen LogP contribution < -0.4 is 10.6 Å². The van der Waals surface area contributed by atoms with Crippen molar-refractivity contribution in [1.82, 2.24) is 15.5 Å². The van der Waals surface area contributed by atoms with Gasteiger partial charge in [-0.25, -0.2) is 0 Å². The number of β-amino-alcohol motifs (C(OH)–C–C–N with tert-alkyl or cyclic N) is 1. The number of unbranched alkanes of at least 4 members (excludes halogenated alkanes) is 4. The number of ether oxygens (including phenoxy) is 3. The monoisotopic (exact) mass is 671 g/mol. The van der Waals surface area contributed by atoms with Crippen LogP contribution in [0, 0.1) is 5.92 Å². The molecule has 0 aromatic heterocycles. The van der Waals surface area contributed by atoms with Crippen molar-refractivity contribution < 1.29 is 49.0 Å². The van der Waals surface area contributed by atoms with Gasteiger partial charge in [0, 0.05) is 39.5 Å². The molecule has 0 aromatic carbocycles. The van der Waals surface area contributed by atoms with Gasteiger partial charge in [0.1, 0.15) is 24.4 Å². The first-order valence-corrected chi connectivity index (χ1v) is 18.0. The summed E-state index contributed by atoms with van der Waals surface area (Å²) in [6, 6.07) is -1.03. The van der Waals surface area contributed by atoms with Crippen molar-refractivity contribution in [3.05, 3.63) is 0 Å². The fourth-order valence-corrected chi connectivity index (χ4v) is 6.86. The van der Waals surface area contributed by atoms with Gasteiger partial charge in [-0.3, -0.25) is 14.4 Å². The lowest BCUT2D eigenvalue weighted by molar-refractivity contribution is -0.270. The molecule has 5 unspecified atom stereocenters. The molecule has 6 N–H and O–H groups in total. The van der Waals surface area contributed by atoms with Crippen molar-refractivity contribution in [3.63, 3.8) is 0 Å². The lowest BCUT2D eigenvalue weighted by atomic mass is 9.91. The number of hydrogen-bond donors (Lipinski definition) is 6. The first-order valence-electron chi connectivity index (χ1n) is 18.0. The van der Waals surface area contributed by atoms with Crippen molar-refractivity contribution in [2.24, 2.45) is 5.92 Å². The summed E-state index contributed by atoms with van der Waals surface area (Å²) in [7, 11) is 0. The first-order chi connectivity index (χ1) is 22.6. The molecule has 0 radical (unpaired) electrons. The molecule has 47 heavy (non-hydrogen) atoms. The predicted molar refractivity (Wildman–Crippen MR) is 174 cm³/mol. The second-order valence-corrected chi connectivity index (χ2v) is 13.8. The zero-order valence-electron chi connectivity index (χ0n) is 28.5. The highest BCUT2D eigenvalue weighted by Gasteiger charge is 2.45. The molecule has 272 valence electrons. The minimum atomic E-state index is -1.36. The molecule has 0 spiro atoms. The third-order valence-corrected chi connectivity index (χ3v) is 9.65. The van der Waals surface area contributed by atoms with Crippen molar-refractivity contribution in [3.8, 4) is 0 Å². The molecule has 3 rings (SSSR count). The topological polar surface area (TPSA) is 187 Å². The van der Waals surface area contributed by atoms with Crippen LogP contribution in [0.4, 0.5) is 0 Å². The average Bonchev–Trinajstić information content (AvgIpc) is 3.41. The highest BCUT2D eigenvalue weighted by molar-refractivity contribution is 5.77. The molecule has 13 heteroatoms. The fraction of sp³-hybridized carbons (Fsp3) is 0.912. The van der Waals surface area contributed by atoms with E-state index < -0.39 is 49.3 Å². The normalized spacial score (nSPS) is 31.6. The maximum atomic E-state index is 13.0. The number of aliphatic hydroxyl groups excluding tert-OH is 4. The number of carbonyl (C=O) groups excluding carboxylic acids is 3. The molecule has 1 saturated carbocycles. The standard InChI is InChI=1S/C34H61N3O10/c1-23-11-9-13-27(14-10-12-23)46-22-25-19-26(40)20-37(25)30(42)16-6-3-7-17-35-29(41)15-5-4-8-18-45-34-31(36-24(2)39)33(44)32(43)28(21-38)47-34/h23,25-28,31-34,38,40,43-44H,3-22H2,1-2H3,(H,35,41)(H,36,39)/t23?,25-,26+,27?,28?,31?,32?,33?,34?/m0/s1. The maximum absolute atomic E-state index is 13.0. The first kappa shape index (κ1) is 39.6.